The zero-order chi connectivity index (χ0) is 16.2. The number of para-hydroxylation sites is 1. The van der Waals surface area contributed by atoms with E-state index in [1.54, 1.807) is 37.4 Å². The number of rotatable bonds is 5. The van der Waals surface area contributed by atoms with Crippen LogP contribution in [0.4, 0.5) is 0 Å². The molecule has 0 aliphatic carbocycles. The summed E-state index contributed by atoms with van der Waals surface area (Å²) in [6.07, 6.45) is 1.41. The van der Waals surface area contributed by atoms with Gasteiger partial charge in [-0.05, 0) is 49.2 Å². The Morgan fingerprint density at radius 1 is 1.09 bits per heavy atom. The Labute approximate surface area is 130 Å². The van der Waals surface area contributed by atoms with Gasteiger partial charge in [0.05, 0.1) is 18.2 Å². The van der Waals surface area contributed by atoms with Crippen LogP contribution in [0.15, 0.2) is 52.5 Å². The van der Waals surface area contributed by atoms with Gasteiger partial charge in [0.25, 0.3) is 10.0 Å². The van der Waals surface area contributed by atoms with E-state index in [1.807, 2.05) is 26.0 Å². The second-order valence-electron chi connectivity index (χ2n) is 4.84. The zero-order valence-electron chi connectivity index (χ0n) is 12.7. The summed E-state index contributed by atoms with van der Waals surface area (Å²) < 4.78 is 29.5. The van der Waals surface area contributed by atoms with Gasteiger partial charge in [-0.25, -0.2) is 4.83 Å². The summed E-state index contributed by atoms with van der Waals surface area (Å²) in [4.78, 5) is 2.40. The Morgan fingerprint density at radius 3 is 2.50 bits per heavy atom. The molecule has 116 valence electrons. The van der Waals surface area contributed by atoms with Crippen LogP contribution in [0.1, 0.15) is 16.7 Å². The predicted octanol–water partition coefficient (Wildman–Crippen LogP) is 2.62. The lowest BCUT2D eigenvalue weighted by Crippen LogP contribution is -2.18. The van der Waals surface area contributed by atoms with Crippen molar-refractivity contribution in [2.24, 2.45) is 5.10 Å². The number of methoxy groups -OCH3 is 1. The molecular formula is C16H18N2O3S. The van der Waals surface area contributed by atoms with E-state index >= 15 is 0 Å². The molecule has 2 aromatic rings. The highest BCUT2D eigenvalue weighted by Gasteiger charge is 2.13. The number of ether oxygens (including phenoxy) is 1. The van der Waals surface area contributed by atoms with Crippen molar-refractivity contribution in [2.75, 3.05) is 7.11 Å². The zero-order valence-corrected chi connectivity index (χ0v) is 13.5. The third kappa shape index (κ3) is 3.65. The van der Waals surface area contributed by atoms with Gasteiger partial charge in [-0.2, -0.15) is 13.5 Å². The molecular weight excluding hydrogens is 300 g/mol. The number of hydrogen-bond acceptors (Lipinski definition) is 4. The Balaban J connectivity index is 2.19. The topological polar surface area (TPSA) is 67.8 Å². The fourth-order valence-electron chi connectivity index (χ4n) is 1.87. The first-order valence-electron chi connectivity index (χ1n) is 6.69. The van der Waals surface area contributed by atoms with Crippen LogP contribution in [0.5, 0.6) is 5.75 Å². The van der Waals surface area contributed by atoms with Crippen molar-refractivity contribution in [3.05, 3.63) is 59.2 Å². The molecule has 0 aliphatic heterocycles. The van der Waals surface area contributed by atoms with Crippen LogP contribution in [-0.2, 0) is 10.0 Å². The molecule has 6 heteroatoms. The molecule has 0 heterocycles. The number of nitrogens with zero attached hydrogens (tertiary/aromatic N) is 1. The van der Waals surface area contributed by atoms with E-state index in [0.29, 0.717) is 11.3 Å². The van der Waals surface area contributed by atoms with Crippen molar-refractivity contribution in [1.29, 1.82) is 0 Å². The van der Waals surface area contributed by atoms with E-state index in [1.165, 1.54) is 6.21 Å². The third-order valence-corrected chi connectivity index (χ3v) is 4.52. The number of hydrazone groups is 1. The van der Waals surface area contributed by atoms with Crippen LogP contribution < -0.4 is 9.57 Å². The number of aryl methyl sites for hydroxylation is 2. The predicted molar refractivity (Wildman–Crippen MR) is 86.8 cm³/mol. The van der Waals surface area contributed by atoms with Gasteiger partial charge in [0.1, 0.15) is 5.75 Å². The molecule has 0 saturated heterocycles. The Morgan fingerprint density at radius 2 is 1.82 bits per heavy atom. The van der Waals surface area contributed by atoms with Crippen molar-refractivity contribution >= 4 is 16.2 Å². The molecule has 2 aromatic carbocycles. The quantitative estimate of drug-likeness (QED) is 0.680. The normalized spacial score (nSPS) is 11.6. The molecule has 2 rings (SSSR count). The van der Waals surface area contributed by atoms with Gasteiger partial charge >= 0.3 is 0 Å². The molecule has 0 radical (unpaired) electrons. The summed E-state index contributed by atoms with van der Waals surface area (Å²) in [6, 6.07) is 12.2. The third-order valence-electron chi connectivity index (χ3n) is 3.30. The van der Waals surface area contributed by atoms with Crippen molar-refractivity contribution < 1.29 is 13.2 Å². The van der Waals surface area contributed by atoms with Gasteiger partial charge in [-0.3, -0.25) is 0 Å². The van der Waals surface area contributed by atoms with Crippen molar-refractivity contribution in [3.8, 4) is 5.75 Å². The highest BCUT2D eigenvalue weighted by Crippen LogP contribution is 2.16. The summed E-state index contributed by atoms with van der Waals surface area (Å²) in [7, 11) is -2.13. The fourth-order valence-corrected chi connectivity index (χ4v) is 2.75. The molecule has 0 unspecified atom stereocenters. The summed E-state index contributed by atoms with van der Waals surface area (Å²) in [6.45, 7) is 3.80. The van der Waals surface area contributed by atoms with E-state index < -0.39 is 10.0 Å². The van der Waals surface area contributed by atoms with E-state index in [-0.39, 0.29) is 4.90 Å². The lowest BCUT2D eigenvalue weighted by Gasteiger charge is -2.06. The standard InChI is InChI=1S/C16H18N2O3S/c1-12-8-9-15(10-13(12)2)22(19,20)18-17-11-14-6-4-5-7-16(14)21-3/h4-11,18H,1-3H3. The summed E-state index contributed by atoms with van der Waals surface area (Å²) in [5, 5.41) is 3.81. The number of sulfonamides is 1. The van der Waals surface area contributed by atoms with E-state index in [0.717, 1.165) is 11.1 Å². The maximum atomic E-state index is 12.2. The number of hydrogen-bond donors (Lipinski definition) is 1. The first-order valence-corrected chi connectivity index (χ1v) is 8.17. The lowest BCUT2D eigenvalue weighted by atomic mass is 10.1. The lowest BCUT2D eigenvalue weighted by molar-refractivity contribution is 0.414. The molecule has 0 aliphatic rings. The molecule has 0 amide bonds. The highest BCUT2D eigenvalue weighted by molar-refractivity contribution is 7.89. The first-order chi connectivity index (χ1) is 10.4. The minimum Gasteiger partial charge on any atom is -0.496 e. The van der Waals surface area contributed by atoms with Crippen LogP contribution in [0, 0.1) is 13.8 Å². The van der Waals surface area contributed by atoms with Crippen molar-refractivity contribution in [2.45, 2.75) is 18.7 Å². The van der Waals surface area contributed by atoms with Gasteiger partial charge in [-0.15, -0.1) is 0 Å². The molecule has 22 heavy (non-hydrogen) atoms. The van der Waals surface area contributed by atoms with Crippen LogP contribution in [0.2, 0.25) is 0 Å². The Hall–Kier alpha value is -2.34. The molecule has 5 nitrogen and oxygen atoms in total. The molecule has 0 atom stereocenters. The average molecular weight is 318 g/mol. The van der Waals surface area contributed by atoms with Gasteiger partial charge in [0.15, 0.2) is 0 Å². The molecule has 0 fully saturated rings. The minimum absolute atomic E-state index is 0.188. The minimum atomic E-state index is -3.68. The van der Waals surface area contributed by atoms with Gasteiger partial charge < -0.3 is 4.74 Å². The van der Waals surface area contributed by atoms with Crippen molar-refractivity contribution in [3.63, 3.8) is 0 Å². The fraction of sp³-hybridized carbons (Fsp3) is 0.188. The molecule has 0 bridgehead atoms. The van der Waals surface area contributed by atoms with Crippen LogP contribution in [0.3, 0.4) is 0 Å². The maximum absolute atomic E-state index is 12.2. The molecule has 1 N–H and O–H groups in total. The van der Waals surface area contributed by atoms with Gasteiger partial charge in [-0.1, -0.05) is 18.2 Å². The molecule has 0 saturated carbocycles. The van der Waals surface area contributed by atoms with E-state index in [4.69, 9.17) is 4.74 Å². The average Bonchev–Trinajstić information content (AvgIpc) is 2.50. The number of nitrogens with one attached hydrogen (secondary N) is 1. The Bertz CT molecular complexity index is 799. The summed E-state index contributed by atoms with van der Waals surface area (Å²) >= 11 is 0. The number of benzene rings is 2. The second-order valence-corrected chi connectivity index (χ2v) is 6.50. The largest absolute Gasteiger partial charge is 0.496 e. The maximum Gasteiger partial charge on any atom is 0.276 e. The van der Waals surface area contributed by atoms with Crippen molar-refractivity contribution in [1.82, 2.24) is 4.83 Å². The first kappa shape index (κ1) is 16.0. The monoisotopic (exact) mass is 318 g/mol. The van der Waals surface area contributed by atoms with Gasteiger partial charge in [0.2, 0.25) is 0 Å². The van der Waals surface area contributed by atoms with Crippen LogP contribution in [-0.4, -0.2) is 21.7 Å². The van der Waals surface area contributed by atoms with Crippen LogP contribution in [0.25, 0.3) is 0 Å². The summed E-state index contributed by atoms with van der Waals surface area (Å²) in [5.74, 6) is 0.622. The summed E-state index contributed by atoms with van der Waals surface area (Å²) in [5.41, 5.74) is 2.64. The molecule has 0 spiro atoms. The van der Waals surface area contributed by atoms with Crippen LogP contribution >= 0.6 is 0 Å². The molecule has 0 aromatic heterocycles. The smallest absolute Gasteiger partial charge is 0.276 e. The van der Waals surface area contributed by atoms with Gasteiger partial charge in [0, 0.05) is 5.56 Å². The second kappa shape index (κ2) is 6.62. The Kier molecular flexibility index (Phi) is 4.82. The van der Waals surface area contributed by atoms with E-state index in [9.17, 15) is 8.42 Å². The van der Waals surface area contributed by atoms with E-state index in [2.05, 4.69) is 9.93 Å². The highest BCUT2D eigenvalue weighted by atomic mass is 32.2. The SMILES string of the molecule is COc1ccccc1C=NNS(=O)(=O)c1ccc(C)c(C)c1.